The molecule has 0 spiro atoms. The molecule has 0 aliphatic carbocycles. The number of nitrogens with two attached hydrogens (primary N) is 1. The van der Waals surface area contributed by atoms with Crippen LogP contribution in [0.3, 0.4) is 0 Å². The number of rotatable bonds is 3. The molecule has 118 valence electrons. The summed E-state index contributed by atoms with van der Waals surface area (Å²) in [6.07, 6.45) is 0. The van der Waals surface area contributed by atoms with E-state index in [1.807, 2.05) is 24.3 Å². The summed E-state index contributed by atoms with van der Waals surface area (Å²) in [6, 6.07) is 24.9. The smallest absolute Gasteiger partial charge is 0.151 e. The summed E-state index contributed by atoms with van der Waals surface area (Å²) in [5.74, 6) is 0.769. The van der Waals surface area contributed by atoms with Gasteiger partial charge in [-0.1, -0.05) is 72.3 Å². The van der Waals surface area contributed by atoms with Crippen LogP contribution < -0.4 is 10.5 Å². The molecule has 0 fully saturated rings. The number of benzene rings is 4. The fourth-order valence-electron chi connectivity index (χ4n) is 3.14. The second kappa shape index (κ2) is 5.89. The second-order valence-corrected chi connectivity index (χ2v) is 6.15. The van der Waals surface area contributed by atoms with E-state index in [0.29, 0.717) is 12.3 Å². The topological polar surface area (TPSA) is 35.2 Å². The first-order chi connectivity index (χ1) is 11.7. The minimum absolute atomic E-state index is 0.506. The van der Waals surface area contributed by atoms with Gasteiger partial charge in [0.15, 0.2) is 5.75 Å². The molecule has 2 heteroatoms. The van der Waals surface area contributed by atoms with Crippen molar-refractivity contribution in [2.45, 2.75) is 13.5 Å². The third-order valence-corrected chi connectivity index (χ3v) is 4.37. The fourth-order valence-corrected chi connectivity index (χ4v) is 3.14. The number of hydrogen-bond acceptors (Lipinski definition) is 2. The molecule has 0 saturated heterocycles. The zero-order chi connectivity index (χ0) is 16.5. The van der Waals surface area contributed by atoms with E-state index < -0.39 is 0 Å². The van der Waals surface area contributed by atoms with Crippen LogP contribution in [0.25, 0.3) is 21.5 Å². The summed E-state index contributed by atoms with van der Waals surface area (Å²) >= 11 is 0. The van der Waals surface area contributed by atoms with E-state index in [-0.39, 0.29) is 0 Å². The molecule has 0 bridgehead atoms. The van der Waals surface area contributed by atoms with Gasteiger partial charge in [0, 0.05) is 5.39 Å². The van der Waals surface area contributed by atoms with Crippen molar-refractivity contribution in [3.8, 4) is 5.75 Å². The van der Waals surface area contributed by atoms with E-state index in [9.17, 15) is 0 Å². The summed E-state index contributed by atoms with van der Waals surface area (Å²) in [5, 5.41) is 4.61. The van der Waals surface area contributed by atoms with Crippen LogP contribution in [0.2, 0.25) is 0 Å². The monoisotopic (exact) mass is 313 g/mol. The Morgan fingerprint density at radius 2 is 1.58 bits per heavy atom. The standard InChI is InChI=1S/C22H19NO/c1-15-7-11-19-18(13-15)9-8-17-10-12-20(23)22(21(17)19)24-14-16-5-3-2-4-6-16/h2-13H,14,23H2,1H3. The van der Waals surface area contributed by atoms with Gasteiger partial charge in [0.2, 0.25) is 0 Å². The molecule has 0 saturated carbocycles. The molecule has 2 nitrogen and oxygen atoms in total. The number of anilines is 1. The molecule has 0 aliphatic rings. The molecule has 4 aromatic rings. The SMILES string of the molecule is Cc1ccc2c(ccc3ccc(N)c(OCc4ccccc4)c32)c1. The largest absolute Gasteiger partial charge is 0.486 e. The maximum absolute atomic E-state index is 6.25. The summed E-state index contributed by atoms with van der Waals surface area (Å²) in [7, 11) is 0. The Morgan fingerprint density at radius 1 is 0.833 bits per heavy atom. The predicted molar refractivity (Wildman–Crippen MR) is 101 cm³/mol. The highest BCUT2D eigenvalue weighted by Gasteiger charge is 2.11. The molecule has 0 heterocycles. The quantitative estimate of drug-likeness (QED) is 0.402. The summed E-state index contributed by atoms with van der Waals surface area (Å²) in [6.45, 7) is 2.61. The first kappa shape index (κ1) is 14.6. The van der Waals surface area contributed by atoms with Gasteiger partial charge in [-0.3, -0.25) is 0 Å². The van der Waals surface area contributed by atoms with Gasteiger partial charge in [0.25, 0.3) is 0 Å². The van der Waals surface area contributed by atoms with Crippen LogP contribution in [0.15, 0.2) is 72.8 Å². The Hall–Kier alpha value is -3.00. The molecule has 0 amide bonds. The Labute approximate surface area is 141 Å². The number of ether oxygens (including phenoxy) is 1. The van der Waals surface area contributed by atoms with Gasteiger partial charge in [-0.2, -0.15) is 0 Å². The molecule has 0 aromatic heterocycles. The molecular formula is C22H19NO. The van der Waals surface area contributed by atoms with Crippen LogP contribution in [0.1, 0.15) is 11.1 Å². The zero-order valence-corrected chi connectivity index (χ0v) is 13.6. The van der Waals surface area contributed by atoms with Crippen molar-refractivity contribution < 1.29 is 4.74 Å². The first-order valence-corrected chi connectivity index (χ1v) is 8.11. The van der Waals surface area contributed by atoms with Crippen LogP contribution in [-0.2, 0) is 6.61 Å². The van der Waals surface area contributed by atoms with Crippen molar-refractivity contribution in [2.24, 2.45) is 0 Å². The van der Waals surface area contributed by atoms with Crippen molar-refractivity contribution in [1.82, 2.24) is 0 Å². The molecular weight excluding hydrogens is 294 g/mol. The van der Waals surface area contributed by atoms with E-state index in [2.05, 4.69) is 55.5 Å². The van der Waals surface area contributed by atoms with Crippen molar-refractivity contribution in [3.05, 3.63) is 83.9 Å². The van der Waals surface area contributed by atoms with Gasteiger partial charge in [-0.05, 0) is 34.7 Å². The Morgan fingerprint density at radius 3 is 2.42 bits per heavy atom. The number of nitrogen functional groups attached to an aromatic ring is 1. The van der Waals surface area contributed by atoms with Crippen molar-refractivity contribution in [1.29, 1.82) is 0 Å². The number of aryl methyl sites for hydroxylation is 1. The Bertz CT molecular complexity index is 1020. The van der Waals surface area contributed by atoms with Gasteiger partial charge in [0.05, 0.1) is 5.69 Å². The van der Waals surface area contributed by atoms with Crippen LogP contribution >= 0.6 is 0 Å². The summed E-state index contributed by atoms with van der Waals surface area (Å²) in [5.41, 5.74) is 9.30. The minimum Gasteiger partial charge on any atom is -0.486 e. The molecule has 24 heavy (non-hydrogen) atoms. The zero-order valence-electron chi connectivity index (χ0n) is 13.6. The highest BCUT2D eigenvalue weighted by atomic mass is 16.5. The third-order valence-electron chi connectivity index (χ3n) is 4.37. The number of hydrogen-bond donors (Lipinski definition) is 1. The van der Waals surface area contributed by atoms with Gasteiger partial charge in [-0.25, -0.2) is 0 Å². The van der Waals surface area contributed by atoms with Gasteiger partial charge < -0.3 is 10.5 Å². The molecule has 0 atom stereocenters. The summed E-state index contributed by atoms with van der Waals surface area (Å²) < 4.78 is 6.15. The van der Waals surface area contributed by atoms with Crippen molar-refractivity contribution in [2.75, 3.05) is 5.73 Å². The average molecular weight is 313 g/mol. The molecule has 2 N–H and O–H groups in total. The lowest BCUT2D eigenvalue weighted by Crippen LogP contribution is -2.00. The van der Waals surface area contributed by atoms with Crippen LogP contribution in [0.5, 0.6) is 5.75 Å². The number of fused-ring (bicyclic) bond motifs is 3. The van der Waals surface area contributed by atoms with Crippen LogP contribution in [-0.4, -0.2) is 0 Å². The van der Waals surface area contributed by atoms with Gasteiger partial charge in [-0.15, -0.1) is 0 Å². The maximum Gasteiger partial charge on any atom is 0.151 e. The van der Waals surface area contributed by atoms with E-state index in [4.69, 9.17) is 10.5 Å². The normalized spacial score (nSPS) is 11.0. The van der Waals surface area contributed by atoms with E-state index in [1.165, 1.54) is 16.3 Å². The molecule has 0 radical (unpaired) electrons. The fraction of sp³-hybridized carbons (Fsp3) is 0.0909. The van der Waals surface area contributed by atoms with Gasteiger partial charge >= 0.3 is 0 Å². The van der Waals surface area contributed by atoms with E-state index >= 15 is 0 Å². The van der Waals surface area contributed by atoms with Crippen molar-refractivity contribution in [3.63, 3.8) is 0 Å². The predicted octanol–water partition coefficient (Wildman–Crippen LogP) is 5.46. The van der Waals surface area contributed by atoms with Gasteiger partial charge in [0.1, 0.15) is 6.61 Å². The first-order valence-electron chi connectivity index (χ1n) is 8.11. The second-order valence-electron chi connectivity index (χ2n) is 6.15. The lowest BCUT2D eigenvalue weighted by Gasteiger charge is -2.14. The van der Waals surface area contributed by atoms with E-state index in [1.54, 1.807) is 0 Å². The summed E-state index contributed by atoms with van der Waals surface area (Å²) in [4.78, 5) is 0. The highest BCUT2D eigenvalue weighted by Crippen LogP contribution is 2.37. The lowest BCUT2D eigenvalue weighted by molar-refractivity contribution is 0.312. The maximum atomic E-state index is 6.25. The molecule has 0 unspecified atom stereocenters. The average Bonchev–Trinajstić information content (AvgIpc) is 2.61. The molecule has 4 aromatic carbocycles. The van der Waals surface area contributed by atoms with Crippen molar-refractivity contribution >= 4 is 27.2 Å². The molecule has 0 aliphatic heterocycles. The Kier molecular flexibility index (Phi) is 3.58. The lowest BCUT2D eigenvalue weighted by atomic mass is 9.99. The van der Waals surface area contributed by atoms with Crippen LogP contribution in [0, 0.1) is 6.92 Å². The highest BCUT2D eigenvalue weighted by molar-refractivity contribution is 6.12. The van der Waals surface area contributed by atoms with Crippen LogP contribution in [0.4, 0.5) is 5.69 Å². The molecule has 4 rings (SSSR count). The third kappa shape index (κ3) is 2.56. The Balaban J connectivity index is 1.88. The van der Waals surface area contributed by atoms with E-state index in [0.717, 1.165) is 22.1 Å². The minimum atomic E-state index is 0.506.